The Morgan fingerprint density at radius 2 is 2.17 bits per heavy atom. The number of phenolic OH excluding ortho intramolecular Hbond substituents is 1. The van der Waals surface area contributed by atoms with Crippen molar-refractivity contribution in [1.29, 1.82) is 0 Å². The van der Waals surface area contributed by atoms with E-state index in [1.807, 2.05) is 6.92 Å². The third-order valence-corrected chi connectivity index (χ3v) is 4.32. The van der Waals surface area contributed by atoms with Crippen LogP contribution in [0.1, 0.15) is 42.3 Å². The molecule has 0 amide bonds. The van der Waals surface area contributed by atoms with E-state index in [4.69, 9.17) is 4.11 Å². The molecule has 18 heavy (non-hydrogen) atoms. The van der Waals surface area contributed by atoms with E-state index in [2.05, 4.69) is 5.32 Å². The summed E-state index contributed by atoms with van der Waals surface area (Å²) in [5.74, 6) is 0.109. The molecule has 1 aromatic rings. The average Bonchev–Trinajstić information content (AvgIpc) is 2.40. The number of benzene rings is 1. The molecule has 1 fully saturated rings. The van der Waals surface area contributed by atoms with E-state index in [9.17, 15) is 10.2 Å². The summed E-state index contributed by atoms with van der Waals surface area (Å²) >= 11 is 0. The summed E-state index contributed by atoms with van der Waals surface area (Å²) in [7, 11) is 0. The second kappa shape index (κ2) is 4.90. The predicted octanol–water partition coefficient (Wildman–Crippen LogP) is 2.38. The number of hydrogen-bond donors (Lipinski definition) is 3. The Bertz CT molecular complexity index is 506. The van der Waals surface area contributed by atoms with Crippen molar-refractivity contribution in [3.05, 3.63) is 29.8 Å². The Hall–Kier alpha value is -1.06. The number of hydrogen-bond acceptors (Lipinski definition) is 3. The molecule has 100 valence electrons. The third-order valence-electron chi connectivity index (χ3n) is 4.32. The number of phenols is 1. The van der Waals surface area contributed by atoms with Gasteiger partial charge in [-0.1, -0.05) is 31.9 Å². The first-order valence-electron chi connectivity index (χ1n) is 7.93. The second-order valence-corrected chi connectivity index (χ2v) is 5.53. The van der Waals surface area contributed by atoms with Gasteiger partial charge in [-0.15, -0.1) is 0 Å². The van der Waals surface area contributed by atoms with Crippen molar-refractivity contribution >= 4 is 0 Å². The van der Waals surface area contributed by atoms with Crippen LogP contribution in [0.25, 0.3) is 0 Å². The Balaban J connectivity index is 2.33. The van der Waals surface area contributed by atoms with Crippen molar-refractivity contribution in [3.8, 4) is 5.75 Å². The molecule has 0 heterocycles. The molecule has 1 aliphatic carbocycles. The summed E-state index contributed by atoms with van der Waals surface area (Å²) in [6.07, 6.45) is 3.15. The zero-order chi connectivity index (χ0) is 15.7. The zero-order valence-corrected chi connectivity index (χ0v) is 10.7. The lowest BCUT2D eigenvalue weighted by Crippen LogP contribution is -2.51. The van der Waals surface area contributed by atoms with E-state index in [0.717, 1.165) is 19.3 Å². The van der Waals surface area contributed by atoms with Crippen molar-refractivity contribution < 1.29 is 14.3 Å². The Labute approximate surface area is 113 Å². The lowest BCUT2D eigenvalue weighted by Gasteiger charge is -2.49. The highest BCUT2D eigenvalue weighted by Crippen LogP contribution is 2.50. The van der Waals surface area contributed by atoms with Gasteiger partial charge in [0.1, 0.15) is 5.75 Å². The topological polar surface area (TPSA) is 52.5 Å². The van der Waals surface area contributed by atoms with Crippen LogP contribution in [-0.4, -0.2) is 23.7 Å². The molecule has 0 spiro atoms. The van der Waals surface area contributed by atoms with Gasteiger partial charge in [0.2, 0.25) is 0 Å². The summed E-state index contributed by atoms with van der Waals surface area (Å²) in [4.78, 5) is 0. The van der Waals surface area contributed by atoms with Crippen molar-refractivity contribution in [2.24, 2.45) is 5.41 Å². The maximum atomic E-state index is 11.2. The van der Waals surface area contributed by atoms with Crippen LogP contribution in [0.2, 0.25) is 0 Å². The first-order valence-corrected chi connectivity index (χ1v) is 6.43. The van der Waals surface area contributed by atoms with E-state index in [1.165, 1.54) is 0 Å². The van der Waals surface area contributed by atoms with Crippen LogP contribution in [0.5, 0.6) is 5.75 Å². The molecule has 3 N–H and O–H groups in total. The van der Waals surface area contributed by atoms with Crippen LogP contribution in [0.4, 0.5) is 0 Å². The van der Waals surface area contributed by atoms with Gasteiger partial charge in [0.15, 0.2) is 0 Å². The third kappa shape index (κ3) is 2.13. The minimum atomic E-state index is -2.22. The summed E-state index contributed by atoms with van der Waals surface area (Å²) in [6.45, 7) is -0.106. The summed E-state index contributed by atoms with van der Waals surface area (Å²) < 4.78 is 21.9. The van der Waals surface area contributed by atoms with Crippen molar-refractivity contribution in [1.82, 2.24) is 5.32 Å². The van der Waals surface area contributed by atoms with E-state index in [1.54, 1.807) is 24.3 Å². The minimum Gasteiger partial charge on any atom is -0.508 e. The largest absolute Gasteiger partial charge is 0.508 e. The Morgan fingerprint density at radius 3 is 2.89 bits per heavy atom. The minimum absolute atomic E-state index is 0.109. The van der Waals surface area contributed by atoms with Gasteiger partial charge in [0, 0.05) is 16.1 Å². The summed E-state index contributed by atoms with van der Waals surface area (Å²) in [5.41, 5.74) is -1.08. The van der Waals surface area contributed by atoms with Crippen molar-refractivity contribution in [2.45, 2.75) is 38.2 Å². The fourth-order valence-corrected chi connectivity index (χ4v) is 3.09. The monoisotopic (exact) mass is 252 g/mol. The van der Waals surface area contributed by atoms with Crippen LogP contribution in [0.3, 0.4) is 0 Å². The lowest BCUT2D eigenvalue weighted by atomic mass is 9.61. The molecule has 0 radical (unpaired) electrons. The summed E-state index contributed by atoms with van der Waals surface area (Å²) in [5, 5.41) is 23.5. The molecule has 2 rings (SSSR count). The molecule has 0 saturated heterocycles. The first kappa shape index (κ1) is 9.82. The Kier molecular flexibility index (Phi) is 2.67. The normalized spacial score (nSPS) is 35.6. The van der Waals surface area contributed by atoms with Gasteiger partial charge in [-0.2, -0.15) is 0 Å². The highest BCUT2D eigenvalue weighted by Gasteiger charge is 2.49. The smallest absolute Gasteiger partial charge is 0.115 e. The maximum Gasteiger partial charge on any atom is 0.115 e. The van der Waals surface area contributed by atoms with Crippen molar-refractivity contribution in [3.63, 3.8) is 0 Å². The SMILES string of the molecule is [2H]C([2H])([2H])NC[C@@]1(C)CCCC[C@]1(O)c1cccc(O)c1. The van der Waals surface area contributed by atoms with Gasteiger partial charge in [-0.05, 0) is 37.5 Å². The highest BCUT2D eigenvalue weighted by molar-refractivity contribution is 5.33. The highest BCUT2D eigenvalue weighted by atomic mass is 16.3. The van der Waals surface area contributed by atoms with Gasteiger partial charge in [-0.25, -0.2) is 0 Å². The molecule has 1 aromatic carbocycles. The number of nitrogens with one attached hydrogen (secondary N) is 1. The van der Waals surface area contributed by atoms with Gasteiger partial charge < -0.3 is 15.5 Å². The van der Waals surface area contributed by atoms with E-state index in [0.29, 0.717) is 12.0 Å². The molecule has 0 aromatic heterocycles. The molecular formula is C15H23NO2. The molecule has 0 bridgehead atoms. The standard InChI is InChI=1S/C15H23NO2/c1-14(11-16-2)8-3-4-9-15(14,18)12-6-5-7-13(17)10-12/h5-7,10,16-18H,3-4,8-9,11H2,1-2H3/t14-,15+/m1/s1/i2D3. The molecular weight excluding hydrogens is 226 g/mol. The number of aliphatic hydroxyl groups is 1. The molecule has 3 nitrogen and oxygen atoms in total. The van der Waals surface area contributed by atoms with Gasteiger partial charge >= 0.3 is 0 Å². The molecule has 1 aliphatic rings. The van der Waals surface area contributed by atoms with E-state index >= 15 is 0 Å². The van der Waals surface area contributed by atoms with Crippen molar-refractivity contribution in [2.75, 3.05) is 13.5 Å². The lowest BCUT2D eigenvalue weighted by molar-refractivity contribution is -0.111. The zero-order valence-electron chi connectivity index (χ0n) is 13.7. The molecule has 0 aliphatic heterocycles. The Morgan fingerprint density at radius 1 is 1.39 bits per heavy atom. The molecule has 3 heteroatoms. The maximum absolute atomic E-state index is 11.2. The molecule has 2 atom stereocenters. The first-order chi connectivity index (χ1) is 9.66. The number of aromatic hydroxyl groups is 1. The van der Waals surface area contributed by atoms with Crippen LogP contribution in [0, 0.1) is 5.41 Å². The van der Waals surface area contributed by atoms with Crippen LogP contribution in [-0.2, 0) is 5.60 Å². The van der Waals surface area contributed by atoms with Gasteiger partial charge in [0.05, 0.1) is 5.60 Å². The van der Waals surface area contributed by atoms with E-state index < -0.39 is 18.0 Å². The predicted molar refractivity (Wildman–Crippen MR) is 72.5 cm³/mol. The summed E-state index contributed by atoms with van der Waals surface area (Å²) in [6, 6.07) is 6.63. The van der Waals surface area contributed by atoms with E-state index in [-0.39, 0.29) is 12.3 Å². The van der Waals surface area contributed by atoms with Crippen LogP contribution < -0.4 is 5.32 Å². The number of rotatable bonds is 3. The quantitative estimate of drug-likeness (QED) is 0.774. The average molecular weight is 252 g/mol. The fourth-order valence-electron chi connectivity index (χ4n) is 3.09. The fraction of sp³-hybridized carbons (Fsp3) is 0.600. The second-order valence-electron chi connectivity index (χ2n) is 5.53. The van der Waals surface area contributed by atoms with Gasteiger partial charge in [-0.3, -0.25) is 0 Å². The van der Waals surface area contributed by atoms with Gasteiger partial charge in [0.25, 0.3) is 0 Å². The molecule has 1 saturated carbocycles. The molecule has 0 unspecified atom stereocenters. The van der Waals surface area contributed by atoms with Crippen LogP contribution in [0.15, 0.2) is 24.3 Å². The van der Waals surface area contributed by atoms with Crippen LogP contribution >= 0.6 is 0 Å².